The van der Waals surface area contributed by atoms with Gasteiger partial charge in [-0.2, -0.15) is 0 Å². The molecule has 1 rings (SSSR count). The van der Waals surface area contributed by atoms with Crippen LogP contribution in [0.3, 0.4) is 0 Å². The molecule has 0 spiro atoms. The number of aliphatic hydroxyl groups is 2. The van der Waals surface area contributed by atoms with Gasteiger partial charge in [-0.3, -0.25) is 0 Å². The predicted octanol–water partition coefficient (Wildman–Crippen LogP) is 0.0872. The molecule has 8 nitrogen and oxygen atoms in total. The molecular weight excluding hydrogens is 296 g/mol. The maximum absolute atomic E-state index is 10.4. The minimum Gasteiger partial charge on any atom is -0.478 e. The second-order valence-electron chi connectivity index (χ2n) is 3.86. The summed E-state index contributed by atoms with van der Waals surface area (Å²) in [5.74, 6) is -2.25. The lowest BCUT2D eigenvalue weighted by Crippen LogP contribution is -2.09. The molecule has 0 saturated carbocycles. The highest BCUT2D eigenvalue weighted by molar-refractivity contribution is 5.93. The van der Waals surface area contributed by atoms with E-state index in [9.17, 15) is 9.59 Å². The molecule has 0 aliphatic carbocycles. The molecular formula is C14H20O8. The molecule has 0 saturated heterocycles. The molecule has 1 aromatic rings. The Morgan fingerprint density at radius 2 is 1.23 bits per heavy atom. The highest BCUT2D eigenvalue weighted by Gasteiger charge is 2.06. The van der Waals surface area contributed by atoms with Gasteiger partial charge in [-0.25, -0.2) is 9.59 Å². The van der Waals surface area contributed by atoms with Crippen molar-refractivity contribution in [3.8, 4) is 0 Å². The van der Waals surface area contributed by atoms with Crippen LogP contribution in [0.25, 0.3) is 0 Å². The number of carboxylic acids is 2. The van der Waals surface area contributed by atoms with E-state index in [2.05, 4.69) is 0 Å². The molecule has 0 bridgehead atoms. The van der Waals surface area contributed by atoms with Gasteiger partial charge in [0.2, 0.25) is 0 Å². The number of aromatic carboxylic acids is 2. The summed E-state index contributed by atoms with van der Waals surface area (Å²) in [4.78, 5) is 20.8. The molecule has 4 N–H and O–H groups in total. The van der Waals surface area contributed by atoms with Crippen molar-refractivity contribution in [2.75, 3.05) is 39.6 Å². The summed E-state index contributed by atoms with van der Waals surface area (Å²) in [7, 11) is 0. The van der Waals surface area contributed by atoms with Gasteiger partial charge >= 0.3 is 11.9 Å². The molecule has 22 heavy (non-hydrogen) atoms. The molecule has 0 aliphatic rings. The molecule has 0 atom stereocenters. The first kappa shape index (κ1) is 20.0. The van der Waals surface area contributed by atoms with Crippen LogP contribution in [0.15, 0.2) is 24.3 Å². The molecule has 0 amide bonds. The minimum absolute atomic E-state index is 0.0186. The maximum atomic E-state index is 10.4. The first-order valence-corrected chi connectivity index (χ1v) is 6.46. The highest BCUT2D eigenvalue weighted by atomic mass is 16.5. The third-order valence-electron chi connectivity index (χ3n) is 2.20. The number of benzene rings is 1. The topological polar surface area (TPSA) is 134 Å². The smallest absolute Gasteiger partial charge is 0.335 e. The van der Waals surface area contributed by atoms with Crippen molar-refractivity contribution in [3.05, 3.63) is 35.4 Å². The van der Waals surface area contributed by atoms with Gasteiger partial charge in [0.25, 0.3) is 0 Å². The average Bonchev–Trinajstić information content (AvgIpc) is 2.51. The Bertz CT molecular complexity index is 409. The van der Waals surface area contributed by atoms with E-state index in [1.165, 1.54) is 18.2 Å². The van der Waals surface area contributed by atoms with E-state index in [1.54, 1.807) is 0 Å². The van der Waals surface area contributed by atoms with Crippen LogP contribution >= 0.6 is 0 Å². The fourth-order valence-electron chi connectivity index (χ4n) is 1.24. The van der Waals surface area contributed by atoms with Crippen LogP contribution in [0.4, 0.5) is 0 Å². The number of hydrogen-bond donors (Lipinski definition) is 4. The zero-order chi connectivity index (χ0) is 16.8. The first-order chi connectivity index (χ1) is 10.5. The summed E-state index contributed by atoms with van der Waals surface area (Å²) in [6.45, 7) is 1.73. The number of aliphatic hydroxyl groups excluding tert-OH is 2. The summed E-state index contributed by atoms with van der Waals surface area (Å²) in [6.07, 6.45) is 0. The van der Waals surface area contributed by atoms with Gasteiger partial charge in [-0.1, -0.05) is 6.07 Å². The highest BCUT2D eigenvalue weighted by Crippen LogP contribution is 2.04. The van der Waals surface area contributed by atoms with E-state index in [0.717, 1.165) is 6.07 Å². The Labute approximate surface area is 127 Å². The van der Waals surface area contributed by atoms with E-state index >= 15 is 0 Å². The van der Waals surface area contributed by atoms with Crippen LogP contribution in [0.1, 0.15) is 20.7 Å². The van der Waals surface area contributed by atoms with Crippen LogP contribution in [0.2, 0.25) is 0 Å². The first-order valence-electron chi connectivity index (χ1n) is 6.46. The summed E-state index contributed by atoms with van der Waals surface area (Å²) >= 11 is 0. The van der Waals surface area contributed by atoms with Gasteiger partial charge in [0, 0.05) is 0 Å². The number of carbonyl (C=O) groups is 2. The quantitative estimate of drug-likeness (QED) is 0.471. The molecule has 0 heterocycles. The average molecular weight is 316 g/mol. The summed E-state index contributed by atoms with van der Waals surface area (Å²) in [5, 5.41) is 33.5. The predicted molar refractivity (Wildman–Crippen MR) is 76.2 cm³/mol. The van der Waals surface area contributed by atoms with Gasteiger partial charge in [0.05, 0.1) is 50.8 Å². The normalized spacial score (nSPS) is 9.73. The lowest BCUT2D eigenvalue weighted by molar-refractivity contribution is 0.0222. The summed E-state index contributed by atoms with van der Waals surface area (Å²) in [6, 6.07) is 5.20. The van der Waals surface area contributed by atoms with Crippen molar-refractivity contribution >= 4 is 11.9 Å². The van der Waals surface area contributed by atoms with Gasteiger partial charge in [0.15, 0.2) is 0 Å². The molecule has 124 valence electrons. The Morgan fingerprint density at radius 3 is 1.55 bits per heavy atom. The second kappa shape index (κ2) is 12.7. The Hall–Kier alpha value is -2.00. The van der Waals surface area contributed by atoms with Crippen molar-refractivity contribution in [1.82, 2.24) is 0 Å². The zero-order valence-corrected chi connectivity index (χ0v) is 12.0. The Balaban J connectivity index is 0.000000409. The van der Waals surface area contributed by atoms with E-state index in [4.69, 9.17) is 29.9 Å². The van der Waals surface area contributed by atoms with Crippen molar-refractivity contribution in [3.63, 3.8) is 0 Å². The number of rotatable bonds is 9. The van der Waals surface area contributed by atoms with Crippen LogP contribution in [-0.4, -0.2) is 72.0 Å². The molecule has 0 radical (unpaired) electrons. The largest absolute Gasteiger partial charge is 0.478 e. The molecule has 1 aromatic carbocycles. The van der Waals surface area contributed by atoms with E-state index < -0.39 is 11.9 Å². The zero-order valence-electron chi connectivity index (χ0n) is 12.0. The minimum atomic E-state index is -1.13. The summed E-state index contributed by atoms with van der Waals surface area (Å²) in [5.41, 5.74) is -0.0372. The second-order valence-corrected chi connectivity index (χ2v) is 3.86. The monoisotopic (exact) mass is 316 g/mol. The van der Waals surface area contributed by atoms with E-state index in [-0.39, 0.29) is 24.3 Å². The Kier molecular flexibility index (Phi) is 11.6. The molecule has 8 heteroatoms. The molecule has 0 unspecified atom stereocenters. The SMILES string of the molecule is O=C(O)c1cccc(C(=O)O)c1.OCCOCCOCCO. The molecule has 0 aliphatic heterocycles. The fourth-order valence-corrected chi connectivity index (χ4v) is 1.24. The van der Waals surface area contributed by atoms with Crippen molar-refractivity contribution < 1.29 is 39.5 Å². The lowest BCUT2D eigenvalue weighted by Gasteiger charge is -2.01. The lowest BCUT2D eigenvalue weighted by atomic mass is 10.1. The number of hydrogen-bond acceptors (Lipinski definition) is 6. The number of carboxylic acid groups (broad SMARTS) is 2. The van der Waals surface area contributed by atoms with Crippen LogP contribution < -0.4 is 0 Å². The third kappa shape index (κ3) is 9.83. The van der Waals surface area contributed by atoms with Crippen LogP contribution in [0, 0.1) is 0 Å². The van der Waals surface area contributed by atoms with Gasteiger partial charge < -0.3 is 29.9 Å². The van der Waals surface area contributed by atoms with Crippen molar-refractivity contribution in [2.45, 2.75) is 0 Å². The van der Waals surface area contributed by atoms with Crippen molar-refractivity contribution in [1.29, 1.82) is 0 Å². The van der Waals surface area contributed by atoms with E-state index in [1.807, 2.05) is 0 Å². The fraction of sp³-hybridized carbons (Fsp3) is 0.429. The Morgan fingerprint density at radius 1 is 0.818 bits per heavy atom. The van der Waals surface area contributed by atoms with Gasteiger partial charge in [-0.15, -0.1) is 0 Å². The van der Waals surface area contributed by atoms with Crippen molar-refractivity contribution in [2.24, 2.45) is 0 Å². The maximum Gasteiger partial charge on any atom is 0.335 e. The van der Waals surface area contributed by atoms with Gasteiger partial charge in [0.1, 0.15) is 0 Å². The van der Waals surface area contributed by atoms with Gasteiger partial charge in [-0.05, 0) is 18.2 Å². The molecule has 0 aromatic heterocycles. The standard InChI is InChI=1S/C8H6O4.C6H14O4/c9-7(10)5-2-1-3-6(4-5)8(11)12;7-1-3-9-5-6-10-4-2-8/h1-4H,(H,9,10)(H,11,12);7-8H,1-6H2. The third-order valence-corrected chi connectivity index (χ3v) is 2.20. The number of ether oxygens (including phenoxy) is 2. The van der Waals surface area contributed by atoms with Crippen LogP contribution in [0.5, 0.6) is 0 Å². The molecule has 0 fully saturated rings. The van der Waals surface area contributed by atoms with Crippen LogP contribution in [-0.2, 0) is 9.47 Å². The van der Waals surface area contributed by atoms with E-state index in [0.29, 0.717) is 26.4 Å². The summed E-state index contributed by atoms with van der Waals surface area (Å²) < 4.78 is 9.75.